The Hall–Kier alpha value is -0.100. The highest BCUT2D eigenvalue weighted by molar-refractivity contribution is 14.1. The summed E-state index contributed by atoms with van der Waals surface area (Å²) in [6.45, 7) is 4.75. The van der Waals surface area contributed by atoms with Crippen LogP contribution >= 0.6 is 22.6 Å². The molecule has 0 aromatic carbocycles. The number of rotatable bonds is 6. The molecule has 0 heterocycles. The lowest BCUT2D eigenvalue weighted by molar-refractivity contribution is -0.141. The van der Waals surface area contributed by atoms with Crippen LogP contribution in [-0.2, 0) is 14.3 Å². The second-order valence-corrected chi connectivity index (χ2v) is 2.48. The number of esters is 1. The second kappa shape index (κ2) is 8.00. The lowest BCUT2D eigenvalue weighted by atomic mass is 10.7. The third kappa shape index (κ3) is 7.80. The third-order valence-corrected chi connectivity index (χ3v) is 1.46. The van der Waals surface area contributed by atoms with Crippen molar-refractivity contribution in [3.05, 3.63) is 12.7 Å². The van der Waals surface area contributed by atoms with E-state index in [0.717, 1.165) is 0 Å². The average molecular weight is 270 g/mol. The maximum absolute atomic E-state index is 10.5. The van der Waals surface area contributed by atoms with Crippen LogP contribution in [0.5, 0.6) is 0 Å². The first-order valence-corrected chi connectivity index (χ1v) is 4.74. The molecule has 0 radical (unpaired) electrons. The Bertz CT molecular complexity index is 125. The van der Waals surface area contributed by atoms with Crippen molar-refractivity contribution in [3.63, 3.8) is 0 Å². The van der Waals surface area contributed by atoms with E-state index in [1.165, 1.54) is 0 Å². The first-order valence-electron chi connectivity index (χ1n) is 3.21. The topological polar surface area (TPSA) is 35.5 Å². The van der Waals surface area contributed by atoms with E-state index < -0.39 is 0 Å². The number of carbonyl (C=O) groups excluding carboxylic acids is 1. The summed E-state index contributed by atoms with van der Waals surface area (Å²) in [5, 5.41) is 0. The summed E-state index contributed by atoms with van der Waals surface area (Å²) in [6, 6.07) is 0. The molecule has 0 saturated heterocycles. The highest BCUT2D eigenvalue weighted by atomic mass is 127. The zero-order valence-corrected chi connectivity index (χ0v) is 8.37. The Morgan fingerprint density at radius 1 is 1.55 bits per heavy atom. The van der Waals surface area contributed by atoms with Crippen molar-refractivity contribution in [1.29, 1.82) is 0 Å². The van der Waals surface area contributed by atoms with Crippen molar-refractivity contribution in [2.24, 2.45) is 0 Å². The Kier molecular flexibility index (Phi) is 7.93. The molecule has 0 fully saturated rings. The predicted molar refractivity (Wildman–Crippen MR) is 50.9 cm³/mol. The van der Waals surface area contributed by atoms with Gasteiger partial charge in [0.15, 0.2) is 0 Å². The van der Waals surface area contributed by atoms with E-state index in [0.29, 0.717) is 24.2 Å². The lowest BCUT2D eigenvalue weighted by Crippen LogP contribution is -2.11. The molecule has 0 rings (SSSR count). The largest absolute Gasteiger partial charge is 0.463 e. The SMILES string of the molecule is C=CCOCCOC(=O)CI. The van der Waals surface area contributed by atoms with Crippen molar-refractivity contribution >= 4 is 28.6 Å². The predicted octanol–water partition coefficient (Wildman–Crippen LogP) is 1.17. The molecule has 11 heavy (non-hydrogen) atoms. The molecule has 3 nitrogen and oxygen atoms in total. The number of ether oxygens (including phenoxy) is 2. The standard InChI is InChI=1S/C7H11IO3/c1-2-3-10-4-5-11-7(9)6-8/h2H,1,3-6H2. The van der Waals surface area contributed by atoms with Gasteiger partial charge in [0, 0.05) is 0 Å². The van der Waals surface area contributed by atoms with Gasteiger partial charge in [-0.25, -0.2) is 0 Å². The van der Waals surface area contributed by atoms with Gasteiger partial charge in [0.2, 0.25) is 0 Å². The van der Waals surface area contributed by atoms with Crippen molar-refractivity contribution in [2.75, 3.05) is 24.2 Å². The Labute approximate surface area is 79.9 Å². The molecule has 0 spiro atoms. The van der Waals surface area contributed by atoms with Crippen LogP contribution in [-0.4, -0.2) is 30.2 Å². The number of hydrogen-bond acceptors (Lipinski definition) is 3. The van der Waals surface area contributed by atoms with Gasteiger partial charge in [-0.3, -0.25) is 4.79 Å². The number of carbonyl (C=O) groups is 1. The molecule has 0 bridgehead atoms. The lowest BCUT2D eigenvalue weighted by Gasteiger charge is -2.01. The second-order valence-electron chi connectivity index (χ2n) is 1.72. The Morgan fingerprint density at radius 3 is 2.82 bits per heavy atom. The molecule has 0 atom stereocenters. The molecule has 0 aromatic heterocycles. The summed E-state index contributed by atoms with van der Waals surface area (Å²) in [7, 11) is 0. The molecule has 0 aliphatic heterocycles. The van der Waals surface area contributed by atoms with Crippen LogP contribution in [0.4, 0.5) is 0 Å². The van der Waals surface area contributed by atoms with Crippen LogP contribution in [0.1, 0.15) is 0 Å². The molecule has 4 heteroatoms. The quantitative estimate of drug-likeness (QED) is 0.239. The zero-order valence-electron chi connectivity index (χ0n) is 6.22. The maximum atomic E-state index is 10.5. The zero-order chi connectivity index (χ0) is 8.53. The van der Waals surface area contributed by atoms with Gasteiger partial charge in [-0.15, -0.1) is 6.58 Å². The smallest absolute Gasteiger partial charge is 0.315 e. The van der Waals surface area contributed by atoms with Crippen LogP contribution in [0.2, 0.25) is 0 Å². The number of hydrogen-bond donors (Lipinski definition) is 0. The molecule has 0 aliphatic rings. The first-order chi connectivity index (χ1) is 5.31. The van der Waals surface area contributed by atoms with Gasteiger partial charge >= 0.3 is 5.97 Å². The molecular formula is C7H11IO3. The summed E-state index contributed by atoms with van der Waals surface area (Å²) in [6.07, 6.45) is 1.65. The van der Waals surface area contributed by atoms with Gasteiger partial charge in [-0.1, -0.05) is 28.7 Å². The fraction of sp³-hybridized carbons (Fsp3) is 0.571. The number of alkyl halides is 1. The third-order valence-electron chi connectivity index (χ3n) is 0.836. The van der Waals surface area contributed by atoms with E-state index >= 15 is 0 Å². The van der Waals surface area contributed by atoms with Crippen molar-refractivity contribution in [3.8, 4) is 0 Å². The van der Waals surface area contributed by atoms with Gasteiger partial charge in [-0.05, 0) is 0 Å². The van der Waals surface area contributed by atoms with Crippen LogP contribution in [0.3, 0.4) is 0 Å². The average Bonchev–Trinajstić information content (AvgIpc) is 2.04. The summed E-state index contributed by atoms with van der Waals surface area (Å²) < 4.78 is 10.1. The monoisotopic (exact) mass is 270 g/mol. The van der Waals surface area contributed by atoms with Crippen LogP contribution in [0.15, 0.2) is 12.7 Å². The maximum Gasteiger partial charge on any atom is 0.315 e. The normalized spacial score (nSPS) is 9.18. The van der Waals surface area contributed by atoms with E-state index in [4.69, 9.17) is 9.47 Å². The van der Waals surface area contributed by atoms with Crippen LogP contribution < -0.4 is 0 Å². The summed E-state index contributed by atoms with van der Waals surface area (Å²) in [5.74, 6) is -0.201. The molecule has 0 aliphatic carbocycles. The van der Waals surface area contributed by atoms with Crippen LogP contribution in [0, 0.1) is 0 Å². The van der Waals surface area contributed by atoms with E-state index in [1.54, 1.807) is 6.08 Å². The number of halogens is 1. The molecule has 0 saturated carbocycles. The van der Waals surface area contributed by atoms with Gasteiger partial charge in [0.1, 0.15) is 6.61 Å². The van der Waals surface area contributed by atoms with Gasteiger partial charge < -0.3 is 9.47 Å². The fourth-order valence-electron chi connectivity index (χ4n) is 0.420. The highest BCUT2D eigenvalue weighted by Crippen LogP contribution is 1.86. The molecule has 0 amide bonds. The minimum Gasteiger partial charge on any atom is -0.463 e. The van der Waals surface area contributed by atoms with Crippen molar-refractivity contribution in [1.82, 2.24) is 0 Å². The Morgan fingerprint density at radius 2 is 2.27 bits per heavy atom. The van der Waals surface area contributed by atoms with E-state index in [2.05, 4.69) is 6.58 Å². The summed E-state index contributed by atoms with van der Waals surface area (Å²) in [4.78, 5) is 10.5. The molecule has 0 N–H and O–H groups in total. The van der Waals surface area contributed by atoms with E-state index in [-0.39, 0.29) is 5.97 Å². The minimum absolute atomic E-state index is 0.201. The van der Waals surface area contributed by atoms with Gasteiger partial charge in [0.25, 0.3) is 0 Å². The minimum atomic E-state index is -0.201. The fourth-order valence-corrected chi connectivity index (χ4v) is 0.640. The molecular weight excluding hydrogens is 259 g/mol. The van der Waals surface area contributed by atoms with Gasteiger partial charge in [0.05, 0.1) is 17.6 Å². The Balaban J connectivity index is 3.01. The molecule has 64 valence electrons. The van der Waals surface area contributed by atoms with Gasteiger partial charge in [-0.2, -0.15) is 0 Å². The van der Waals surface area contributed by atoms with Crippen LogP contribution in [0.25, 0.3) is 0 Å². The van der Waals surface area contributed by atoms with Crippen molar-refractivity contribution in [2.45, 2.75) is 0 Å². The highest BCUT2D eigenvalue weighted by Gasteiger charge is 1.96. The van der Waals surface area contributed by atoms with E-state index in [9.17, 15) is 4.79 Å². The van der Waals surface area contributed by atoms with Crippen molar-refractivity contribution < 1.29 is 14.3 Å². The molecule has 0 unspecified atom stereocenters. The summed E-state index contributed by atoms with van der Waals surface area (Å²) in [5.41, 5.74) is 0. The first kappa shape index (κ1) is 10.9. The summed E-state index contributed by atoms with van der Waals surface area (Å²) >= 11 is 1.95. The van der Waals surface area contributed by atoms with E-state index in [1.807, 2.05) is 22.6 Å². The molecule has 0 aromatic rings.